The SMILES string of the molecule is CN1CC[C@@H](Cn2cnc(-c3ccccc3)c2-c2cccc(F)c2F)C1. The van der Waals surface area contributed by atoms with Crippen LogP contribution in [-0.4, -0.2) is 34.6 Å². The highest BCUT2D eigenvalue weighted by atomic mass is 19.2. The lowest BCUT2D eigenvalue weighted by Crippen LogP contribution is -2.17. The first-order chi connectivity index (χ1) is 12.6. The van der Waals surface area contributed by atoms with Gasteiger partial charge in [0.2, 0.25) is 0 Å². The summed E-state index contributed by atoms with van der Waals surface area (Å²) in [4.78, 5) is 6.85. The minimum Gasteiger partial charge on any atom is -0.330 e. The first kappa shape index (κ1) is 16.9. The molecular formula is C21H21F2N3. The van der Waals surface area contributed by atoms with Crippen molar-refractivity contribution in [3.05, 3.63) is 66.5 Å². The Labute approximate surface area is 151 Å². The van der Waals surface area contributed by atoms with Crippen molar-refractivity contribution in [3.8, 4) is 22.5 Å². The summed E-state index contributed by atoms with van der Waals surface area (Å²) in [5.74, 6) is -1.18. The standard InChI is InChI=1S/C21H21F2N3/c1-25-11-10-15(12-25)13-26-14-24-20(16-6-3-2-4-7-16)21(26)17-8-5-9-18(22)19(17)23/h2-9,14-15H,10-13H2,1H3/t15-/m1/s1. The van der Waals surface area contributed by atoms with Gasteiger partial charge in [-0.2, -0.15) is 0 Å². The van der Waals surface area contributed by atoms with Crippen LogP contribution >= 0.6 is 0 Å². The summed E-state index contributed by atoms with van der Waals surface area (Å²) in [6, 6.07) is 14.0. The average molecular weight is 353 g/mol. The summed E-state index contributed by atoms with van der Waals surface area (Å²) < 4.78 is 30.4. The second-order valence-electron chi connectivity index (χ2n) is 6.98. The zero-order valence-electron chi connectivity index (χ0n) is 14.7. The van der Waals surface area contributed by atoms with Gasteiger partial charge in [-0.15, -0.1) is 0 Å². The predicted octanol–water partition coefficient (Wildman–Crippen LogP) is 4.45. The molecule has 134 valence electrons. The van der Waals surface area contributed by atoms with E-state index in [9.17, 15) is 8.78 Å². The molecule has 0 spiro atoms. The van der Waals surface area contributed by atoms with Crippen molar-refractivity contribution in [1.29, 1.82) is 0 Å². The fourth-order valence-electron chi connectivity index (χ4n) is 3.75. The number of hydrogen-bond donors (Lipinski definition) is 0. The third kappa shape index (κ3) is 3.15. The van der Waals surface area contributed by atoms with Crippen LogP contribution in [0, 0.1) is 17.6 Å². The van der Waals surface area contributed by atoms with Crippen LogP contribution in [0.15, 0.2) is 54.9 Å². The third-order valence-electron chi connectivity index (χ3n) is 5.04. The number of halogens is 2. The number of benzene rings is 2. The zero-order valence-corrected chi connectivity index (χ0v) is 14.7. The normalized spacial score (nSPS) is 17.7. The fraction of sp³-hybridized carbons (Fsp3) is 0.286. The molecule has 26 heavy (non-hydrogen) atoms. The van der Waals surface area contributed by atoms with E-state index in [1.54, 1.807) is 18.5 Å². The molecule has 1 aliphatic heterocycles. The van der Waals surface area contributed by atoms with E-state index >= 15 is 0 Å². The van der Waals surface area contributed by atoms with Crippen molar-refractivity contribution in [3.63, 3.8) is 0 Å². The van der Waals surface area contributed by atoms with Crippen molar-refractivity contribution >= 4 is 0 Å². The number of aromatic nitrogens is 2. The molecule has 4 rings (SSSR count). The van der Waals surface area contributed by atoms with Crippen molar-refractivity contribution < 1.29 is 8.78 Å². The van der Waals surface area contributed by atoms with E-state index in [1.165, 1.54) is 0 Å². The van der Waals surface area contributed by atoms with Gasteiger partial charge < -0.3 is 9.47 Å². The minimum atomic E-state index is -0.838. The third-order valence-corrected chi connectivity index (χ3v) is 5.04. The van der Waals surface area contributed by atoms with Crippen LogP contribution in [0.3, 0.4) is 0 Å². The molecule has 0 unspecified atom stereocenters. The van der Waals surface area contributed by atoms with Crippen LogP contribution < -0.4 is 0 Å². The van der Waals surface area contributed by atoms with Crippen LogP contribution in [0.1, 0.15) is 6.42 Å². The quantitative estimate of drug-likeness (QED) is 0.691. The van der Waals surface area contributed by atoms with Crippen LogP contribution in [0.4, 0.5) is 8.78 Å². The van der Waals surface area contributed by atoms with Gasteiger partial charge in [-0.1, -0.05) is 36.4 Å². The Kier molecular flexibility index (Phi) is 4.55. The molecule has 0 aliphatic carbocycles. The second kappa shape index (κ2) is 7.00. The average Bonchev–Trinajstić information content (AvgIpc) is 3.25. The minimum absolute atomic E-state index is 0.257. The van der Waals surface area contributed by atoms with E-state index in [0.717, 1.165) is 37.7 Å². The summed E-state index contributed by atoms with van der Waals surface area (Å²) in [5.41, 5.74) is 2.48. The van der Waals surface area contributed by atoms with Crippen molar-refractivity contribution in [2.24, 2.45) is 5.92 Å². The van der Waals surface area contributed by atoms with Crippen LogP contribution in [0.5, 0.6) is 0 Å². The molecule has 2 heterocycles. The van der Waals surface area contributed by atoms with Gasteiger partial charge in [0.1, 0.15) is 0 Å². The largest absolute Gasteiger partial charge is 0.330 e. The number of rotatable bonds is 4. The van der Waals surface area contributed by atoms with Gasteiger partial charge in [-0.3, -0.25) is 0 Å². The molecule has 0 radical (unpaired) electrons. The Balaban J connectivity index is 1.82. The first-order valence-corrected chi connectivity index (χ1v) is 8.87. The Morgan fingerprint density at radius 2 is 1.88 bits per heavy atom. The summed E-state index contributed by atoms with van der Waals surface area (Å²) in [6.07, 6.45) is 2.85. The van der Waals surface area contributed by atoms with E-state index < -0.39 is 11.6 Å². The van der Waals surface area contributed by atoms with Gasteiger partial charge in [-0.25, -0.2) is 13.8 Å². The van der Waals surface area contributed by atoms with E-state index in [4.69, 9.17) is 0 Å². The molecule has 1 saturated heterocycles. The van der Waals surface area contributed by atoms with Crippen LogP contribution in [0.25, 0.3) is 22.5 Å². The Hall–Kier alpha value is -2.53. The smallest absolute Gasteiger partial charge is 0.168 e. The van der Waals surface area contributed by atoms with Crippen molar-refractivity contribution in [2.45, 2.75) is 13.0 Å². The highest BCUT2D eigenvalue weighted by Gasteiger charge is 2.24. The maximum atomic E-state index is 14.6. The maximum absolute atomic E-state index is 14.6. The van der Waals surface area contributed by atoms with Crippen molar-refractivity contribution in [1.82, 2.24) is 14.5 Å². The lowest BCUT2D eigenvalue weighted by atomic mass is 10.0. The van der Waals surface area contributed by atoms with E-state index in [0.29, 0.717) is 17.3 Å². The molecule has 5 heteroatoms. The Bertz CT molecular complexity index is 905. The summed E-state index contributed by atoms with van der Waals surface area (Å²) >= 11 is 0. The monoisotopic (exact) mass is 353 g/mol. The predicted molar refractivity (Wildman–Crippen MR) is 98.6 cm³/mol. The molecule has 0 N–H and O–H groups in total. The summed E-state index contributed by atoms with van der Waals surface area (Å²) in [5, 5.41) is 0. The molecular weight excluding hydrogens is 332 g/mol. The number of likely N-dealkylation sites (tertiary alicyclic amines) is 1. The highest BCUT2D eigenvalue weighted by Crippen LogP contribution is 2.34. The van der Waals surface area contributed by atoms with Crippen LogP contribution in [0.2, 0.25) is 0 Å². The number of hydrogen-bond acceptors (Lipinski definition) is 2. The summed E-state index contributed by atoms with van der Waals surface area (Å²) in [6.45, 7) is 2.81. The lowest BCUT2D eigenvalue weighted by molar-refractivity contribution is 0.378. The maximum Gasteiger partial charge on any atom is 0.168 e. The van der Waals surface area contributed by atoms with Crippen molar-refractivity contribution in [2.75, 3.05) is 20.1 Å². The molecule has 0 saturated carbocycles. The highest BCUT2D eigenvalue weighted by molar-refractivity contribution is 5.78. The number of nitrogens with zero attached hydrogens (tertiary/aromatic N) is 3. The molecule has 1 aliphatic rings. The van der Waals surface area contributed by atoms with Crippen LogP contribution in [-0.2, 0) is 6.54 Å². The molecule has 1 atom stereocenters. The van der Waals surface area contributed by atoms with Gasteiger partial charge in [0.25, 0.3) is 0 Å². The molecule has 0 bridgehead atoms. The van der Waals surface area contributed by atoms with Gasteiger partial charge in [0, 0.05) is 24.2 Å². The lowest BCUT2D eigenvalue weighted by Gasteiger charge is -2.15. The summed E-state index contributed by atoms with van der Waals surface area (Å²) in [7, 11) is 2.11. The molecule has 0 amide bonds. The van der Waals surface area contributed by atoms with Gasteiger partial charge in [0.15, 0.2) is 11.6 Å². The topological polar surface area (TPSA) is 21.1 Å². The van der Waals surface area contributed by atoms with E-state index in [2.05, 4.69) is 16.9 Å². The second-order valence-corrected chi connectivity index (χ2v) is 6.98. The van der Waals surface area contributed by atoms with Gasteiger partial charge >= 0.3 is 0 Å². The Morgan fingerprint density at radius 3 is 2.62 bits per heavy atom. The fourth-order valence-corrected chi connectivity index (χ4v) is 3.75. The molecule has 2 aromatic carbocycles. The molecule has 3 aromatic rings. The van der Waals surface area contributed by atoms with E-state index in [1.807, 2.05) is 34.9 Å². The Morgan fingerprint density at radius 1 is 1.08 bits per heavy atom. The van der Waals surface area contributed by atoms with Gasteiger partial charge in [0.05, 0.1) is 17.7 Å². The molecule has 1 aromatic heterocycles. The molecule has 3 nitrogen and oxygen atoms in total. The van der Waals surface area contributed by atoms with E-state index in [-0.39, 0.29) is 5.56 Å². The zero-order chi connectivity index (χ0) is 18.1. The van der Waals surface area contributed by atoms with Gasteiger partial charge in [-0.05, 0) is 38.1 Å². The molecule has 1 fully saturated rings. The number of imidazole rings is 1. The first-order valence-electron chi connectivity index (χ1n) is 8.87.